The minimum Gasteiger partial charge on any atom is -0.322 e. The summed E-state index contributed by atoms with van der Waals surface area (Å²) in [6.45, 7) is 2.67. The number of rotatable bonds is 7. The van der Waals surface area contributed by atoms with Crippen LogP contribution in [0.25, 0.3) is 17.0 Å². The lowest BCUT2D eigenvalue weighted by Crippen LogP contribution is -2.35. The maximum Gasteiger partial charge on any atom is 0.255 e. The fourth-order valence-electron chi connectivity index (χ4n) is 4.48. The predicted octanol–water partition coefficient (Wildman–Crippen LogP) is 6.22. The third kappa shape index (κ3) is 6.11. The highest BCUT2D eigenvalue weighted by atomic mass is 32.3. The molecule has 0 atom stereocenters. The van der Waals surface area contributed by atoms with Gasteiger partial charge in [-0.1, -0.05) is 30.4 Å². The summed E-state index contributed by atoms with van der Waals surface area (Å²) in [5, 5.41) is 7.59. The average molecular weight is 492 g/mol. The van der Waals surface area contributed by atoms with Gasteiger partial charge in [0.1, 0.15) is 0 Å². The number of aryl methyl sites for hydroxylation is 1. The Morgan fingerprint density at radius 3 is 2.54 bits per heavy atom. The number of pyridine rings is 1. The highest BCUT2D eigenvalue weighted by Crippen LogP contribution is 2.43. The van der Waals surface area contributed by atoms with E-state index in [1.54, 1.807) is 0 Å². The smallest absolute Gasteiger partial charge is 0.255 e. The zero-order valence-corrected chi connectivity index (χ0v) is 20.9. The topological polar surface area (TPSA) is 94.5 Å². The van der Waals surface area contributed by atoms with Crippen molar-refractivity contribution in [3.8, 4) is 0 Å². The molecule has 6 nitrogen and oxygen atoms in total. The van der Waals surface area contributed by atoms with E-state index in [4.69, 9.17) is 0 Å². The minimum atomic E-state index is -2.35. The molecule has 0 bridgehead atoms. The lowest BCUT2D eigenvalue weighted by atomic mass is 10.1. The molecular weight excluding hydrogens is 458 g/mol. The normalized spacial score (nSPS) is 19.2. The van der Waals surface area contributed by atoms with Crippen LogP contribution in [0.4, 0.5) is 5.69 Å². The lowest BCUT2D eigenvalue weighted by molar-refractivity contribution is 0.102. The molecule has 3 aromatic rings. The molecule has 1 saturated heterocycles. The summed E-state index contributed by atoms with van der Waals surface area (Å²) in [5.74, 6) is 1.57. The number of nitrogens with zero attached hydrogens (tertiary/aromatic N) is 1. The molecule has 5 rings (SSSR count). The number of allylic oxidation sites excluding steroid dienone is 1. The van der Waals surface area contributed by atoms with E-state index in [1.165, 1.54) is 12.8 Å². The second-order valence-corrected chi connectivity index (χ2v) is 12.2. The largest absolute Gasteiger partial charge is 0.322 e. The Balaban J connectivity index is 1.22. The van der Waals surface area contributed by atoms with Crippen LogP contribution in [-0.4, -0.2) is 37.5 Å². The van der Waals surface area contributed by atoms with Crippen LogP contribution < -0.4 is 10.6 Å². The molecule has 1 saturated carbocycles. The predicted molar refractivity (Wildman–Crippen MR) is 145 cm³/mol. The molecular formula is C28H33N3O3S. The Morgan fingerprint density at radius 1 is 1.09 bits per heavy atom. The Hall–Kier alpha value is -2.71. The number of fused-ring (bicyclic) bond motifs is 1. The van der Waals surface area contributed by atoms with Gasteiger partial charge in [-0.3, -0.25) is 18.9 Å². The molecule has 2 aromatic carbocycles. The van der Waals surface area contributed by atoms with Crippen molar-refractivity contribution in [3.05, 3.63) is 77.0 Å². The fourth-order valence-corrected chi connectivity index (χ4v) is 6.00. The number of carbonyl (C=O) groups excluding carboxylic acids is 1. The van der Waals surface area contributed by atoms with E-state index < -0.39 is 10.6 Å². The standard InChI is InChI=1S/C28H33N3O3S/c1-19-26(31-28(32)23-8-6-21(7-9-23)5-4-20-2-3-20)11-10-24-16-22(18-30-27(19)24)17-29-25-12-14-35(33,34)15-13-25/h4-11,16,18,20,25,29,33-34H,2-3,12-15,17H2,1H3,(H,31,32). The monoisotopic (exact) mass is 491 g/mol. The van der Waals surface area contributed by atoms with Gasteiger partial charge in [0.25, 0.3) is 5.91 Å². The SMILES string of the molecule is Cc1c(NC(=O)c2ccc(C=CC3CC3)cc2)ccc2cc(CNC3CCS(O)(O)CC3)cnc12. The number of hydrogen-bond donors (Lipinski definition) is 4. The number of hydrogen-bond acceptors (Lipinski definition) is 5. The summed E-state index contributed by atoms with van der Waals surface area (Å²) in [7, 11) is -2.35. The summed E-state index contributed by atoms with van der Waals surface area (Å²) >= 11 is 0. The Bertz CT molecular complexity index is 1240. The average Bonchev–Trinajstić information content (AvgIpc) is 3.69. The lowest BCUT2D eigenvalue weighted by Gasteiger charge is -2.39. The Morgan fingerprint density at radius 2 is 1.83 bits per heavy atom. The van der Waals surface area contributed by atoms with Crippen molar-refractivity contribution in [1.29, 1.82) is 0 Å². The molecule has 2 heterocycles. The maximum absolute atomic E-state index is 12.8. The van der Waals surface area contributed by atoms with E-state index in [2.05, 4.69) is 33.8 Å². The third-order valence-electron chi connectivity index (χ3n) is 6.95. The van der Waals surface area contributed by atoms with Crippen LogP contribution in [0.5, 0.6) is 0 Å². The molecule has 0 spiro atoms. The molecule has 7 heteroatoms. The first-order valence-corrected chi connectivity index (χ1v) is 14.2. The third-order valence-corrected chi connectivity index (χ3v) is 8.73. The van der Waals surface area contributed by atoms with Crippen molar-refractivity contribution in [2.45, 2.75) is 45.2 Å². The highest BCUT2D eigenvalue weighted by molar-refractivity contribution is 8.24. The van der Waals surface area contributed by atoms with Crippen molar-refractivity contribution in [3.63, 3.8) is 0 Å². The first-order valence-electron chi connectivity index (χ1n) is 12.3. The van der Waals surface area contributed by atoms with Gasteiger partial charge in [-0.15, -0.1) is 0 Å². The second kappa shape index (κ2) is 10.1. The number of anilines is 1. The quantitative estimate of drug-likeness (QED) is 0.315. The molecule has 4 N–H and O–H groups in total. The molecule has 1 aliphatic heterocycles. The van der Waals surface area contributed by atoms with Crippen molar-refractivity contribution < 1.29 is 13.9 Å². The van der Waals surface area contributed by atoms with E-state index >= 15 is 0 Å². The number of nitrogens with one attached hydrogen (secondary N) is 2. The van der Waals surface area contributed by atoms with Crippen LogP contribution in [0.15, 0.2) is 54.7 Å². The van der Waals surface area contributed by atoms with Gasteiger partial charge in [-0.2, -0.15) is 10.6 Å². The van der Waals surface area contributed by atoms with Gasteiger partial charge in [0.05, 0.1) is 5.52 Å². The summed E-state index contributed by atoms with van der Waals surface area (Å²) < 4.78 is 19.6. The highest BCUT2D eigenvalue weighted by Gasteiger charge is 2.23. The summed E-state index contributed by atoms with van der Waals surface area (Å²) in [6, 6.07) is 14.1. The fraction of sp³-hybridized carbons (Fsp3) is 0.357. The van der Waals surface area contributed by atoms with Crippen molar-refractivity contribution in [1.82, 2.24) is 10.3 Å². The van der Waals surface area contributed by atoms with Crippen LogP contribution in [0.1, 0.15) is 52.7 Å². The van der Waals surface area contributed by atoms with Gasteiger partial charge in [-0.25, -0.2) is 0 Å². The maximum atomic E-state index is 12.8. The summed E-state index contributed by atoms with van der Waals surface area (Å²) in [6.07, 6.45) is 10.4. The van der Waals surface area contributed by atoms with Crippen molar-refractivity contribution >= 4 is 39.2 Å². The summed E-state index contributed by atoms with van der Waals surface area (Å²) in [4.78, 5) is 17.5. The second-order valence-electron chi connectivity index (χ2n) is 9.79. The van der Waals surface area contributed by atoms with Gasteiger partial charge in [-0.05, 0) is 79.5 Å². The van der Waals surface area contributed by atoms with Crippen LogP contribution in [0, 0.1) is 12.8 Å². The zero-order valence-electron chi connectivity index (χ0n) is 20.0. The molecule has 1 aromatic heterocycles. The molecule has 1 aliphatic carbocycles. The van der Waals surface area contributed by atoms with Crippen molar-refractivity contribution in [2.75, 3.05) is 16.8 Å². The van der Waals surface area contributed by atoms with E-state index in [-0.39, 0.29) is 5.91 Å². The van der Waals surface area contributed by atoms with Crippen LogP contribution in [-0.2, 0) is 6.54 Å². The minimum absolute atomic E-state index is 0.130. The molecule has 2 aliphatic rings. The zero-order chi connectivity index (χ0) is 24.4. The number of aromatic nitrogens is 1. The molecule has 0 radical (unpaired) electrons. The Labute approximate surface area is 208 Å². The van der Waals surface area contributed by atoms with Crippen LogP contribution in [0.2, 0.25) is 0 Å². The number of benzene rings is 2. The molecule has 0 unspecified atom stereocenters. The van der Waals surface area contributed by atoms with Crippen LogP contribution in [0.3, 0.4) is 0 Å². The van der Waals surface area contributed by atoms with Crippen LogP contribution >= 0.6 is 10.6 Å². The first kappa shape index (κ1) is 24.0. The molecule has 2 fully saturated rings. The van der Waals surface area contributed by atoms with Gasteiger partial charge < -0.3 is 10.6 Å². The van der Waals surface area contributed by atoms with Gasteiger partial charge in [0.15, 0.2) is 0 Å². The molecule has 1 amide bonds. The Kier molecular flexibility index (Phi) is 6.93. The number of amides is 1. The summed E-state index contributed by atoms with van der Waals surface area (Å²) in [5.41, 5.74) is 5.41. The molecule has 184 valence electrons. The van der Waals surface area contributed by atoms with Gasteiger partial charge >= 0.3 is 0 Å². The van der Waals surface area contributed by atoms with E-state index in [0.29, 0.717) is 29.7 Å². The first-order chi connectivity index (χ1) is 16.9. The van der Waals surface area contributed by atoms with E-state index in [9.17, 15) is 13.9 Å². The molecule has 35 heavy (non-hydrogen) atoms. The van der Waals surface area contributed by atoms with E-state index in [1.807, 2.05) is 49.5 Å². The van der Waals surface area contributed by atoms with E-state index in [0.717, 1.165) is 52.0 Å². The van der Waals surface area contributed by atoms with Gasteiger partial charge in [0, 0.05) is 46.9 Å². The van der Waals surface area contributed by atoms with Crippen molar-refractivity contribution in [2.24, 2.45) is 5.92 Å². The number of carbonyl (C=O) groups is 1. The van der Waals surface area contributed by atoms with Gasteiger partial charge in [0.2, 0.25) is 0 Å².